The fourth-order valence-electron chi connectivity index (χ4n) is 4.34. The summed E-state index contributed by atoms with van der Waals surface area (Å²) in [5.74, 6) is 0.483. The maximum absolute atomic E-state index is 13.0. The van der Waals surface area contributed by atoms with E-state index in [9.17, 15) is 4.79 Å². The molecule has 1 amide bonds. The number of rotatable bonds is 3. The quantitative estimate of drug-likeness (QED) is 0.644. The average Bonchev–Trinajstić information content (AvgIpc) is 3.26. The lowest BCUT2D eigenvalue weighted by Crippen LogP contribution is -2.48. The molecule has 0 unspecified atom stereocenters. The van der Waals surface area contributed by atoms with Crippen LogP contribution in [0.4, 0.5) is 0 Å². The second-order valence-corrected chi connectivity index (χ2v) is 8.64. The Morgan fingerprint density at radius 2 is 2.03 bits per heavy atom. The minimum absolute atomic E-state index is 0.0225. The SMILES string of the molecule is COc1cnccc1C(=O)N1CCC2(CC1)OCCc1sc(-c3cnccn3)cc12. The molecule has 0 aromatic carbocycles. The minimum atomic E-state index is -0.330. The van der Waals surface area contributed by atoms with Crippen molar-refractivity contribution in [2.75, 3.05) is 26.8 Å². The van der Waals surface area contributed by atoms with Gasteiger partial charge in [-0.1, -0.05) is 0 Å². The van der Waals surface area contributed by atoms with Crippen LogP contribution >= 0.6 is 11.3 Å². The molecular formula is C22H22N4O3S. The van der Waals surface area contributed by atoms with E-state index in [1.807, 2.05) is 4.90 Å². The second kappa shape index (κ2) is 7.77. The highest BCUT2D eigenvalue weighted by Crippen LogP contribution is 2.46. The van der Waals surface area contributed by atoms with Crippen LogP contribution in [0.5, 0.6) is 5.75 Å². The molecule has 1 spiro atoms. The summed E-state index contributed by atoms with van der Waals surface area (Å²) in [6.07, 6.45) is 10.9. The molecule has 0 aliphatic carbocycles. The molecule has 5 rings (SSSR count). The van der Waals surface area contributed by atoms with Gasteiger partial charge < -0.3 is 14.4 Å². The Kier molecular flexibility index (Phi) is 4.96. The Labute approximate surface area is 178 Å². The van der Waals surface area contributed by atoms with E-state index in [1.54, 1.807) is 55.5 Å². The second-order valence-electron chi connectivity index (χ2n) is 7.50. The Hall–Kier alpha value is -2.84. The molecule has 30 heavy (non-hydrogen) atoms. The van der Waals surface area contributed by atoms with Crippen LogP contribution in [0.25, 0.3) is 10.6 Å². The number of carbonyl (C=O) groups excluding carboxylic acids is 1. The minimum Gasteiger partial charge on any atom is -0.494 e. The Bertz CT molecular complexity index is 1060. The Balaban J connectivity index is 1.38. The molecule has 0 saturated carbocycles. The average molecular weight is 423 g/mol. The first-order valence-electron chi connectivity index (χ1n) is 10.0. The van der Waals surface area contributed by atoms with Crippen molar-refractivity contribution >= 4 is 17.2 Å². The normalized spacial score (nSPS) is 17.6. The van der Waals surface area contributed by atoms with Gasteiger partial charge in [0, 0.05) is 43.0 Å². The number of hydrogen-bond acceptors (Lipinski definition) is 7. The van der Waals surface area contributed by atoms with Gasteiger partial charge in [-0.3, -0.25) is 19.7 Å². The maximum atomic E-state index is 13.0. The molecule has 3 aromatic rings. The predicted octanol–water partition coefficient (Wildman–Crippen LogP) is 3.31. The van der Waals surface area contributed by atoms with Crippen molar-refractivity contribution < 1.29 is 14.3 Å². The lowest BCUT2D eigenvalue weighted by molar-refractivity contribution is -0.0926. The van der Waals surface area contributed by atoms with Gasteiger partial charge in [-0.15, -0.1) is 11.3 Å². The van der Waals surface area contributed by atoms with Crippen LogP contribution in [-0.4, -0.2) is 52.6 Å². The first-order chi connectivity index (χ1) is 14.7. The first-order valence-corrected chi connectivity index (χ1v) is 10.8. The Morgan fingerprint density at radius 1 is 1.20 bits per heavy atom. The molecule has 2 aliphatic rings. The third kappa shape index (κ3) is 3.26. The summed E-state index contributed by atoms with van der Waals surface area (Å²) >= 11 is 1.78. The number of nitrogens with zero attached hydrogens (tertiary/aromatic N) is 4. The molecule has 0 atom stereocenters. The van der Waals surface area contributed by atoms with E-state index in [0.29, 0.717) is 31.0 Å². The lowest BCUT2D eigenvalue weighted by atomic mass is 9.82. The summed E-state index contributed by atoms with van der Waals surface area (Å²) in [5, 5.41) is 0. The number of carbonyl (C=O) groups is 1. The summed E-state index contributed by atoms with van der Waals surface area (Å²) in [6.45, 7) is 1.99. The summed E-state index contributed by atoms with van der Waals surface area (Å²) < 4.78 is 11.7. The maximum Gasteiger partial charge on any atom is 0.257 e. The zero-order valence-electron chi connectivity index (χ0n) is 16.7. The van der Waals surface area contributed by atoms with Gasteiger partial charge in [-0.05, 0) is 30.5 Å². The number of amides is 1. The van der Waals surface area contributed by atoms with E-state index in [4.69, 9.17) is 9.47 Å². The molecule has 1 fully saturated rings. The van der Waals surface area contributed by atoms with Gasteiger partial charge >= 0.3 is 0 Å². The van der Waals surface area contributed by atoms with Gasteiger partial charge in [0.05, 0.1) is 47.8 Å². The Morgan fingerprint density at radius 3 is 2.80 bits per heavy atom. The van der Waals surface area contributed by atoms with Crippen molar-refractivity contribution in [3.8, 4) is 16.3 Å². The number of piperidine rings is 1. The fourth-order valence-corrected chi connectivity index (χ4v) is 5.54. The lowest BCUT2D eigenvalue weighted by Gasteiger charge is -2.44. The molecule has 0 bridgehead atoms. The number of aromatic nitrogens is 3. The molecule has 7 nitrogen and oxygen atoms in total. The summed E-state index contributed by atoms with van der Waals surface area (Å²) in [7, 11) is 1.56. The van der Waals surface area contributed by atoms with Gasteiger partial charge in [-0.25, -0.2) is 0 Å². The molecule has 5 heterocycles. The molecule has 154 valence electrons. The third-order valence-corrected chi connectivity index (χ3v) is 7.13. The number of methoxy groups -OCH3 is 1. The highest BCUT2D eigenvalue weighted by Gasteiger charge is 2.43. The summed E-state index contributed by atoms with van der Waals surface area (Å²) in [5.41, 5.74) is 2.37. The van der Waals surface area contributed by atoms with E-state index in [2.05, 4.69) is 21.0 Å². The highest BCUT2D eigenvalue weighted by atomic mass is 32.1. The van der Waals surface area contributed by atoms with Crippen molar-refractivity contribution in [1.82, 2.24) is 19.9 Å². The van der Waals surface area contributed by atoms with Crippen LogP contribution in [0.2, 0.25) is 0 Å². The number of likely N-dealkylation sites (tertiary alicyclic amines) is 1. The van der Waals surface area contributed by atoms with Crippen LogP contribution in [0.15, 0.2) is 43.1 Å². The monoisotopic (exact) mass is 422 g/mol. The first kappa shape index (κ1) is 19.1. The molecule has 2 aliphatic heterocycles. The fraction of sp³-hybridized carbons (Fsp3) is 0.364. The van der Waals surface area contributed by atoms with Crippen LogP contribution in [0, 0.1) is 0 Å². The smallest absolute Gasteiger partial charge is 0.257 e. The zero-order valence-corrected chi connectivity index (χ0v) is 17.5. The van der Waals surface area contributed by atoms with E-state index >= 15 is 0 Å². The molecule has 0 radical (unpaired) electrons. The highest BCUT2D eigenvalue weighted by molar-refractivity contribution is 7.15. The standard InChI is InChI=1S/C22H22N4O3S/c1-28-18-14-23-6-2-15(18)21(27)26-9-4-22(5-10-26)16-12-20(17-13-24-7-8-25-17)30-19(16)3-11-29-22/h2,6-8,12-14H,3-5,9-11H2,1H3. The topological polar surface area (TPSA) is 77.4 Å². The van der Waals surface area contributed by atoms with Crippen molar-refractivity contribution in [2.45, 2.75) is 24.9 Å². The number of thiophene rings is 1. The van der Waals surface area contributed by atoms with E-state index in [0.717, 1.165) is 29.8 Å². The number of pyridine rings is 1. The molecule has 1 saturated heterocycles. The van der Waals surface area contributed by atoms with Crippen molar-refractivity contribution in [2.24, 2.45) is 0 Å². The van der Waals surface area contributed by atoms with Gasteiger partial charge in [0.2, 0.25) is 0 Å². The van der Waals surface area contributed by atoms with Crippen molar-refractivity contribution in [3.63, 3.8) is 0 Å². The summed E-state index contributed by atoms with van der Waals surface area (Å²) in [6, 6.07) is 3.93. The van der Waals surface area contributed by atoms with Gasteiger partial charge in [-0.2, -0.15) is 0 Å². The van der Waals surface area contributed by atoms with Crippen molar-refractivity contribution in [3.05, 3.63) is 59.1 Å². The summed E-state index contributed by atoms with van der Waals surface area (Å²) in [4.78, 5) is 30.1. The van der Waals surface area contributed by atoms with Crippen LogP contribution in [-0.2, 0) is 16.8 Å². The van der Waals surface area contributed by atoms with Crippen LogP contribution < -0.4 is 4.74 Å². The molecule has 3 aromatic heterocycles. The zero-order chi connectivity index (χ0) is 20.6. The molecule has 8 heteroatoms. The van der Waals surface area contributed by atoms with E-state index in [-0.39, 0.29) is 11.5 Å². The van der Waals surface area contributed by atoms with Crippen LogP contribution in [0.3, 0.4) is 0 Å². The van der Waals surface area contributed by atoms with E-state index < -0.39 is 0 Å². The van der Waals surface area contributed by atoms with Gasteiger partial charge in [0.25, 0.3) is 5.91 Å². The van der Waals surface area contributed by atoms with Crippen molar-refractivity contribution in [1.29, 1.82) is 0 Å². The van der Waals surface area contributed by atoms with E-state index in [1.165, 1.54) is 10.4 Å². The van der Waals surface area contributed by atoms with Gasteiger partial charge in [0.15, 0.2) is 0 Å². The molecule has 0 N–H and O–H groups in total. The number of fused-ring (bicyclic) bond motifs is 2. The van der Waals surface area contributed by atoms with Gasteiger partial charge in [0.1, 0.15) is 5.75 Å². The third-order valence-electron chi connectivity index (χ3n) is 5.92. The molecular weight excluding hydrogens is 400 g/mol. The van der Waals surface area contributed by atoms with Crippen LogP contribution in [0.1, 0.15) is 33.6 Å². The number of hydrogen-bond donors (Lipinski definition) is 0. The number of ether oxygens (including phenoxy) is 2. The predicted molar refractivity (Wildman–Crippen MR) is 113 cm³/mol. The largest absolute Gasteiger partial charge is 0.494 e.